The number of halogens is 3. The Morgan fingerprint density at radius 3 is 2.59 bits per heavy atom. The third-order valence-electron chi connectivity index (χ3n) is 3.17. The van der Waals surface area contributed by atoms with Crippen LogP contribution >= 0.6 is 0 Å². The lowest BCUT2D eigenvalue weighted by atomic mass is 10.1. The van der Waals surface area contributed by atoms with Crippen LogP contribution in [0.4, 0.5) is 13.2 Å². The number of rotatable bonds is 2. The average Bonchev–Trinajstić information content (AvgIpc) is 2.91. The second kappa shape index (κ2) is 4.90. The van der Waals surface area contributed by atoms with Crippen molar-refractivity contribution in [3.05, 3.63) is 47.9 Å². The van der Waals surface area contributed by atoms with Gasteiger partial charge >= 0.3 is 6.18 Å². The summed E-state index contributed by atoms with van der Waals surface area (Å²) in [6.07, 6.45) is -2.40. The smallest absolute Gasteiger partial charge is 0.294 e. The lowest BCUT2D eigenvalue weighted by Crippen LogP contribution is -2.18. The minimum Gasteiger partial charge on any atom is -0.294 e. The summed E-state index contributed by atoms with van der Waals surface area (Å²) in [5.41, 5.74) is -1.65. The van der Waals surface area contributed by atoms with Crippen molar-refractivity contribution in [2.24, 2.45) is 0 Å². The van der Waals surface area contributed by atoms with Gasteiger partial charge in [0, 0.05) is 10.8 Å². The molecule has 0 N–H and O–H groups in total. The van der Waals surface area contributed by atoms with E-state index in [0.29, 0.717) is 15.5 Å². The molecule has 0 saturated carbocycles. The van der Waals surface area contributed by atoms with E-state index in [2.05, 4.69) is 15.3 Å². The van der Waals surface area contributed by atoms with Crippen molar-refractivity contribution in [2.75, 3.05) is 0 Å². The highest BCUT2D eigenvalue weighted by Crippen LogP contribution is 2.34. The van der Waals surface area contributed by atoms with Gasteiger partial charge in [0.05, 0.1) is 18.0 Å². The minimum atomic E-state index is -4.74. The molecule has 0 spiro atoms. The number of aromatic nitrogens is 4. The van der Waals surface area contributed by atoms with Gasteiger partial charge in [0.15, 0.2) is 17.3 Å². The minimum absolute atomic E-state index is 0.0714. The summed E-state index contributed by atoms with van der Waals surface area (Å²) in [7, 11) is 0. The van der Waals surface area contributed by atoms with Crippen molar-refractivity contribution in [3.63, 3.8) is 0 Å². The van der Waals surface area contributed by atoms with Gasteiger partial charge in [0.1, 0.15) is 0 Å². The second-order valence-electron chi connectivity index (χ2n) is 4.63. The summed E-state index contributed by atoms with van der Waals surface area (Å²) in [5, 5.41) is 12.2. The van der Waals surface area contributed by atoms with Crippen LogP contribution in [0.2, 0.25) is 0 Å². The Morgan fingerprint density at radius 1 is 1.18 bits per heavy atom. The van der Waals surface area contributed by atoms with Crippen LogP contribution in [0.25, 0.3) is 16.6 Å². The van der Waals surface area contributed by atoms with Crippen LogP contribution in [0.1, 0.15) is 23.0 Å². The van der Waals surface area contributed by atoms with Gasteiger partial charge in [-0.15, -0.1) is 5.10 Å². The maximum atomic E-state index is 13.3. The van der Waals surface area contributed by atoms with E-state index < -0.39 is 23.2 Å². The molecule has 0 aliphatic rings. The van der Waals surface area contributed by atoms with E-state index in [4.69, 9.17) is 0 Å². The molecule has 0 unspecified atom stereocenters. The molecule has 0 bridgehead atoms. The van der Waals surface area contributed by atoms with Crippen molar-refractivity contribution in [1.82, 2.24) is 20.0 Å². The Morgan fingerprint density at radius 2 is 1.91 bits per heavy atom. The average molecular weight is 306 g/mol. The molecule has 3 aromatic rings. The second-order valence-corrected chi connectivity index (χ2v) is 4.63. The maximum Gasteiger partial charge on any atom is 0.434 e. The largest absolute Gasteiger partial charge is 0.434 e. The highest BCUT2D eigenvalue weighted by Gasteiger charge is 2.40. The highest BCUT2D eigenvalue weighted by molar-refractivity contribution is 5.95. The first-order chi connectivity index (χ1) is 10.4. The lowest BCUT2D eigenvalue weighted by Gasteiger charge is -2.12. The number of carbonyl (C=O) groups excluding carboxylic acids is 1. The predicted molar refractivity (Wildman–Crippen MR) is 71.7 cm³/mol. The van der Waals surface area contributed by atoms with Gasteiger partial charge in [-0.05, 0) is 6.92 Å². The van der Waals surface area contributed by atoms with Gasteiger partial charge in [-0.3, -0.25) is 4.79 Å². The van der Waals surface area contributed by atoms with Crippen LogP contribution in [-0.4, -0.2) is 25.8 Å². The molecule has 0 saturated heterocycles. The quantitative estimate of drug-likeness (QED) is 0.683. The number of nitrogens with zero attached hydrogens (tertiary/aromatic N) is 4. The Kier molecular flexibility index (Phi) is 3.16. The molecule has 0 atom stereocenters. The fraction of sp³-hybridized carbons (Fsp3) is 0.143. The monoisotopic (exact) mass is 306 g/mol. The Hall–Kier alpha value is -2.77. The SMILES string of the molecule is CC(=O)c1cnn(-c2nncc3ccccc23)c1C(F)(F)F. The number of Topliss-reactive ketones (excluding diaryl/α,β-unsaturated/α-hetero) is 1. The van der Waals surface area contributed by atoms with Crippen LogP contribution in [0.3, 0.4) is 0 Å². The van der Waals surface area contributed by atoms with E-state index in [1.807, 2.05) is 0 Å². The van der Waals surface area contributed by atoms with E-state index >= 15 is 0 Å². The number of fused-ring (bicyclic) bond motifs is 1. The molecule has 2 heterocycles. The zero-order chi connectivity index (χ0) is 15.9. The summed E-state index contributed by atoms with van der Waals surface area (Å²) in [4.78, 5) is 11.4. The number of carbonyl (C=O) groups is 1. The van der Waals surface area contributed by atoms with Crippen molar-refractivity contribution in [3.8, 4) is 5.82 Å². The van der Waals surface area contributed by atoms with Crippen LogP contribution in [-0.2, 0) is 6.18 Å². The summed E-state index contributed by atoms with van der Waals surface area (Å²) in [6, 6.07) is 6.74. The van der Waals surface area contributed by atoms with E-state index in [-0.39, 0.29) is 5.82 Å². The fourth-order valence-electron chi connectivity index (χ4n) is 2.21. The fourth-order valence-corrected chi connectivity index (χ4v) is 2.21. The van der Waals surface area contributed by atoms with Crippen LogP contribution < -0.4 is 0 Å². The lowest BCUT2D eigenvalue weighted by molar-refractivity contribution is -0.143. The van der Waals surface area contributed by atoms with Gasteiger partial charge in [0.25, 0.3) is 0 Å². The molecule has 3 rings (SSSR count). The number of alkyl halides is 3. The molecule has 112 valence electrons. The molecule has 8 heteroatoms. The number of benzene rings is 1. The molecule has 0 aliphatic heterocycles. The first-order valence-corrected chi connectivity index (χ1v) is 6.26. The van der Waals surface area contributed by atoms with Crippen molar-refractivity contribution in [1.29, 1.82) is 0 Å². The normalized spacial score (nSPS) is 11.8. The highest BCUT2D eigenvalue weighted by atomic mass is 19.4. The summed E-state index contributed by atoms with van der Waals surface area (Å²) >= 11 is 0. The molecule has 0 radical (unpaired) electrons. The van der Waals surface area contributed by atoms with Crippen molar-refractivity contribution < 1.29 is 18.0 Å². The number of hydrogen-bond acceptors (Lipinski definition) is 4. The predicted octanol–water partition coefficient (Wildman–Crippen LogP) is 3.04. The Balaban J connectivity index is 2.35. The van der Waals surface area contributed by atoms with Crippen molar-refractivity contribution in [2.45, 2.75) is 13.1 Å². The summed E-state index contributed by atoms with van der Waals surface area (Å²) < 4.78 is 40.6. The van der Waals surface area contributed by atoms with Gasteiger partial charge < -0.3 is 0 Å². The molecule has 0 fully saturated rings. The molecule has 2 aromatic heterocycles. The topological polar surface area (TPSA) is 60.7 Å². The number of ketones is 1. The van der Waals surface area contributed by atoms with Crippen LogP contribution in [0.5, 0.6) is 0 Å². The molecule has 5 nitrogen and oxygen atoms in total. The third kappa shape index (κ3) is 2.22. The molecule has 1 aromatic carbocycles. The van der Waals surface area contributed by atoms with Gasteiger partial charge in [-0.2, -0.15) is 23.4 Å². The summed E-state index contributed by atoms with van der Waals surface area (Å²) in [5.74, 6) is -0.787. The zero-order valence-electron chi connectivity index (χ0n) is 11.3. The van der Waals surface area contributed by atoms with Crippen LogP contribution in [0.15, 0.2) is 36.7 Å². The number of hydrogen-bond donors (Lipinski definition) is 0. The van der Waals surface area contributed by atoms with Gasteiger partial charge in [-0.1, -0.05) is 24.3 Å². The third-order valence-corrected chi connectivity index (χ3v) is 3.17. The molecular weight excluding hydrogens is 297 g/mol. The first-order valence-electron chi connectivity index (χ1n) is 6.26. The maximum absolute atomic E-state index is 13.3. The van der Waals surface area contributed by atoms with Crippen molar-refractivity contribution >= 4 is 16.6 Å². The Bertz CT molecular complexity index is 865. The Labute approximate surface area is 122 Å². The van der Waals surface area contributed by atoms with E-state index in [1.54, 1.807) is 24.3 Å². The zero-order valence-corrected chi connectivity index (χ0v) is 11.3. The van der Waals surface area contributed by atoms with Crippen LogP contribution in [0, 0.1) is 0 Å². The van der Waals surface area contributed by atoms with E-state index in [9.17, 15) is 18.0 Å². The molecule has 22 heavy (non-hydrogen) atoms. The van der Waals surface area contributed by atoms with Gasteiger partial charge in [-0.25, -0.2) is 4.68 Å². The first kappa shape index (κ1) is 14.2. The molecular formula is C14H9F3N4O. The van der Waals surface area contributed by atoms with E-state index in [0.717, 1.165) is 13.1 Å². The molecule has 0 aliphatic carbocycles. The molecule has 0 amide bonds. The summed E-state index contributed by atoms with van der Waals surface area (Å²) in [6.45, 7) is 1.06. The standard InChI is InChI=1S/C14H9F3N4O/c1-8(22)11-7-19-21(12(11)14(15,16)17)13-10-5-3-2-4-9(10)6-18-20-13/h2-7H,1H3. The van der Waals surface area contributed by atoms with E-state index in [1.165, 1.54) is 6.20 Å². The van der Waals surface area contributed by atoms with Gasteiger partial charge in [0.2, 0.25) is 0 Å².